The summed E-state index contributed by atoms with van der Waals surface area (Å²) in [5.74, 6) is 2.11. The first kappa shape index (κ1) is 19.4. The Labute approximate surface area is 165 Å². The maximum atomic E-state index is 12.5. The molecule has 2 aliphatic rings. The van der Waals surface area contributed by atoms with Gasteiger partial charge in [0.2, 0.25) is 5.91 Å². The van der Waals surface area contributed by atoms with Crippen LogP contribution in [0.4, 0.5) is 5.69 Å². The molecule has 144 valence electrons. The van der Waals surface area contributed by atoms with Crippen LogP contribution in [0.2, 0.25) is 0 Å². The number of benzene rings is 2. The number of aryl methyl sites for hydroxylation is 1. The number of ether oxygens (including phenoxy) is 2. The van der Waals surface area contributed by atoms with Crippen LogP contribution >= 0.6 is 12.4 Å². The number of amides is 1. The summed E-state index contributed by atoms with van der Waals surface area (Å²) < 4.78 is 11.3. The Morgan fingerprint density at radius 1 is 1.11 bits per heavy atom. The number of hydrogen-bond donors (Lipinski definition) is 2. The molecule has 0 radical (unpaired) electrons. The number of nitrogen functional groups attached to an aromatic ring is 1. The highest BCUT2D eigenvalue weighted by atomic mass is 35.5. The number of rotatable bonds is 6. The molecule has 6 heteroatoms. The second-order valence-electron chi connectivity index (χ2n) is 6.98. The molecule has 0 aromatic heterocycles. The monoisotopic (exact) mass is 388 g/mol. The zero-order chi connectivity index (χ0) is 17.9. The van der Waals surface area contributed by atoms with Crippen LogP contribution in [0.15, 0.2) is 42.5 Å². The molecular weight excluding hydrogens is 364 g/mol. The summed E-state index contributed by atoms with van der Waals surface area (Å²) in [4.78, 5) is 12.5. The van der Waals surface area contributed by atoms with E-state index in [1.807, 2.05) is 42.5 Å². The van der Waals surface area contributed by atoms with Gasteiger partial charge in [0.25, 0.3) is 0 Å². The Hall–Kier alpha value is -2.40. The van der Waals surface area contributed by atoms with Crippen LogP contribution in [-0.2, 0) is 11.2 Å². The Kier molecular flexibility index (Phi) is 6.11. The smallest absolute Gasteiger partial charge is 0.220 e. The van der Waals surface area contributed by atoms with Gasteiger partial charge in [0.15, 0.2) is 11.5 Å². The highest BCUT2D eigenvalue weighted by Gasteiger charge is 2.34. The molecule has 0 spiro atoms. The second kappa shape index (κ2) is 8.53. The number of nitrogens with one attached hydrogen (secondary N) is 1. The van der Waals surface area contributed by atoms with Crippen molar-refractivity contribution in [3.8, 4) is 11.5 Å². The van der Waals surface area contributed by atoms with Crippen LogP contribution in [-0.4, -0.2) is 19.1 Å². The molecule has 0 saturated heterocycles. The van der Waals surface area contributed by atoms with Gasteiger partial charge in [-0.3, -0.25) is 4.79 Å². The molecule has 2 aromatic carbocycles. The Morgan fingerprint density at radius 2 is 1.85 bits per heavy atom. The molecule has 5 nitrogen and oxygen atoms in total. The van der Waals surface area contributed by atoms with E-state index in [1.165, 1.54) is 0 Å². The molecule has 1 heterocycles. The molecule has 2 aromatic rings. The first-order valence-electron chi connectivity index (χ1n) is 9.23. The van der Waals surface area contributed by atoms with Crippen molar-refractivity contribution in [2.75, 3.05) is 18.9 Å². The van der Waals surface area contributed by atoms with Gasteiger partial charge in [0.05, 0.1) is 6.04 Å². The Balaban J connectivity index is 0.00000210. The van der Waals surface area contributed by atoms with Gasteiger partial charge in [-0.2, -0.15) is 0 Å². The molecule has 4 rings (SSSR count). The Morgan fingerprint density at radius 3 is 2.59 bits per heavy atom. The molecule has 1 saturated carbocycles. The second-order valence-corrected chi connectivity index (χ2v) is 6.98. The maximum Gasteiger partial charge on any atom is 0.220 e. The van der Waals surface area contributed by atoms with Gasteiger partial charge in [0.1, 0.15) is 13.2 Å². The molecule has 3 N–H and O–H groups in total. The van der Waals surface area contributed by atoms with Gasteiger partial charge in [-0.1, -0.05) is 24.3 Å². The molecule has 0 bridgehead atoms. The number of carbonyl (C=O) groups excluding carboxylic acids is 1. The van der Waals surface area contributed by atoms with E-state index in [-0.39, 0.29) is 24.4 Å². The van der Waals surface area contributed by atoms with Gasteiger partial charge < -0.3 is 20.5 Å². The van der Waals surface area contributed by atoms with E-state index in [0.29, 0.717) is 32.0 Å². The van der Waals surface area contributed by atoms with Crippen molar-refractivity contribution in [1.82, 2.24) is 5.32 Å². The van der Waals surface area contributed by atoms with Crippen LogP contribution in [0.3, 0.4) is 0 Å². The van der Waals surface area contributed by atoms with Gasteiger partial charge in [0, 0.05) is 12.1 Å². The van der Waals surface area contributed by atoms with E-state index in [2.05, 4.69) is 5.32 Å². The number of carbonyl (C=O) groups is 1. The van der Waals surface area contributed by atoms with Crippen molar-refractivity contribution in [2.24, 2.45) is 5.92 Å². The van der Waals surface area contributed by atoms with E-state index in [1.54, 1.807) is 0 Å². The largest absolute Gasteiger partial charge is 0.486 e. The molecule has 1 aliphatic heterocycles. The molecule has 1 atom stereocenters. The fraction of sp³-hybridized carbons (Fsp3) is 0.381. The van der Waals surface area contributed by atoms with Gasteiger partial charge >= 0.3 is 0 Å². The fourth-order valence-corrected chi connectivity index (χ4v) is 3.41. The van der Waals surface area contributed by atoms with E-state index in [0.717, 1.165) is 41.2 Å². The van der Waals surface area contributed by atoms with Gasteiger partial charge in [-0.05, 0) is 54.5 Å². The highest BCUT2D eigenvalue weighted by molar-refractivity contribution is 5.85. The van der Waals surface area contributed by atoms with E-state index < -0.39 is 0 Å². The summed E-state index contributed by atoms with van der Waals surface area (Å²) in [6.45, 7) is 1.15. The number of halogens is 1. The van der Waals surface area contributed by atoms with Crippen molar-refractivity contribution in [1.29, 1.82) is 0 Å². The van der Waals surface area contributed by atoms with Crippen LogP contribution in [0.25, 0.3) is 0 Å². The number of fused-ring (bicyclic) bond motifs is 1. The molecule has 1 aliphatic carbocycles. The first-order valence-corrected chi connectivity index (χ1v) is 9.23. The number of anilines is 1. The molecular formula is C21H25ClN2O3. The lowest BCUT2D eigenvalue weighted by molar-refractivity contribution is -0.122. The summed E-state index contributed by atoms with van der Waals surface area (Å²) in [7, 11) is 0. The average Bonchev–Trinajstić information content (AvgIpc) is 3.50. The van der Waals surface area contributed by atoms with Crippen molar-refractivity contribution < 1.29 is 14.3 Å². The van der Waals surface area contributed by atoms with E-state index in [4.69, 9.17) is 15.2 Å². The van der Waals surface area contributed by atoms with Crippen LogP contribution < -0.4 is 20.5 Å². The van der Waals surface area contributed by atoms with Crippen molar-refractivity contribution in [3.05, 3.63) is 53.6 Å². The lowest BCUT2D eigenvalue weighted by atomic mass is 10.0. The van der Waals surface area contributed by atoms with Crippen LogP contribution in [0.5, 0.6) is 11.5 Å². The topological polar surface area (TPSA) is 73.6 Å². The number of para-hydroxylation sites is 1. The van der Waals surface area contributed by atoms with Crippen LogP contribution in [0, 0.1) is 5.92 Å². The minimum atomic E-state index is 0. The SMILES string of the molecule is Cl.Nc1ccccc1CCC(=O)NC(c1ccc2c(c1)OCCO2)C1CC1. The average molecular weight is 389 g/mol. The first-order chi connectivity index (χ1) is 12.7. The zero-order valence-electron chi connectivity index (χ0n) is 15.1. The summed E-state index contributed by atoms with van der Waals surface area (Å²) in [6.07, 6.45) is 3.37. The third-order valence-electron chi connectivity index (χ3n) is 5.01. The predicted molar refractivity (Wildman–Crippen MR) is 107 cm³/mol. The molecule has 1 fully saturated rings. The predicted octanol–water partition coefficient (Wildman–Crippen LogP) is 3.66. The fourth-order valence-electron chi connectivity index (χ4n) is 3.41. The zero-order valence-corrected chi connectivity index (χ0v) is 16.0. The lowest BCUT2D eigenvalue weighted by Crippen LogP contribution is -2.30. The van der Waals surface area contributed by atoms with Gasteiger partial charge in [-0.15, -0.1) is 12.4 Å². The van der Waals surface area contributed by atoms with Crippen molar-refractivity contribution in [3.63, 3.8) is 0 Å². The highest BCUT2D eigenvalue weighted by Crippen LogP contribution is 2.43. The third-order valence-corrected chi connectivity index (χ3v) is 5.01. The quantitative estimate of drug-likeness (QED) is 0.740. The normalized spacial score (nSPS) is 16.1. The maximum absolute atomic E-state index is 12.5. The molecule has 1 amide bonds. The third kappa shape index (κ3) is 4.66. The summed E-state index contributed by atoms with van der Waals surface area (Å²) in [5, 5.41) is 3.22. The lowest BCUT2D eigenvalue weighted by Gasteiger charge is -2.23. The minimum absolute atomic E-state index is 0. The Bertz CT molecular complexity index is 808. The van der Waals surface area contributed by atoms with Crippen LogP contribution in [0.1, 0.15) is 36.4 Å². The minimum Gasteiger partial charge on any atom is -0.486 e. The van der Waals surface area contributed by atoms with E-state index >= 15 is 0 Å². The van der Waals surface area contributed by atoms with Gasteiger partial charge in [-0.25, -0.2) is 0 Å². The summed E-state index contributed by atoms with van der Waals surface area (Å²) in [5.41, 5.74) is 8.81. The number of nitrogens with two attached hydrogens (primary N) is 1. The molecule has 1 unspecified atom stereocenters. The number of hydrogen-bond acceptors (Lipinski definition) is 4. The van der Waals surface area contributed by atoms with Crippen molar-refractivity contribution >= 4 is 24.0 Å². The summed E-state index contributed by atoms with van der Waals surface area (Å²) in [6, 6.07) is 13.7. The standard InChI is InChI=1S/C21H24N2O3.ClH/c22-17-4-2-1-3-14(17)8-10-20(24)23-21(15-5-6-15)16-7-9-18-19(13-16)26-12-11-25-18;/h1-4,7,9,13,15,21H,5-6,8,10-12,22H2,(H,23,24);1H. The van der Waals surface area contributed by atoms with E-state index in [9.17, 15) is 4.79 Å². The van der Waals surface area contributed by atoms with Crippen molar-refractivity contribution in [2.45, 2.75) is 31.7 Å². The summed E-state index contributed by atoms with van der Waals surface area (Å²) >= 11 is 0. The molecule has 27 heavy (non-hydrogen) atoms.